The molecule has 23 heavy (non-hydrogen) atoms. The normalized spacial score (nSPS) is 12.3. The van der Waals surface area contributed by atoms with Gasteiger partial charge in [-0.25, -0.2) is 8.42 Å². The van der Waals surface area contributed by atoms with Gasteiger partial charge < -0.3 is 4.42 Å². The second-order valence-corrected chi connectivity index (χ2v) is 7.12. The number of hydrogen-bond donors (Lipinski definition) is 0. The monoisotopic (exact) mass is 343 g/mol. The van der Waals surface area contributed by atoms with Gasteiger partial charge in [-0.05, 0) is 36.4 Å². The minimum atomic E-state index is -3.92. The van der Waals surface area contributed by atoms with Crippen molar-refractivity contribution < 1.29 is 12.8 Å². The summed E-state index contributed by atoms with van der Waals surface area (Å²) in [5.41, 5.74) is 0.625. The Morgan fingerprint density at radius 1 is 1.13 bits per heavy atom. The van der Waals surface area contributed by atoms with Crippen LogP contribution in [0.4, 0.5) is 0 Å². The molecular weight excluding hydrogens is 334 g/mol. The summed E-state index contributed by atoms with van der Waals surface area (Å²) in [4.78, 5) is -0.385. The van der Waals surface area contributed by atoms with Crippen molar-refractivity contribution in [2.45, 2.75) is 4.90 Å². The lowest BCUT2D eigenvalue weighted by atomic mass is 10.2. The molecule has 4 nitrogen and oxygen atoms in total. The number of halogens is 1. The van der Waals surface area contributed by atoms with Crippen molar-refractivity contribution in [2.24, 2.45) is 0 Å². The summed E-state index contributed by atoms with van der Waals surface area (Å²) >= 11 is 5.76. The quantitative estimate of drug-likeness (QED) is 0.660. The molecule has 2 aromatic carbocycles. The summed E-state index contributed by atoms with van der Waals surface area (Å²) in [7, 11) is -3.92. The van der Waals surface area contributed by atoms with Crippen LogP contribution in [0.2, 0.25) is 5.02 Å². The third-order valence-corrected chi connectivity index (χ3v) is 5.17. The highest BCUT2D eigenvalue weighted by Gasteiger charge is 2.21. The predicted octanol–water partition coefficient (Wildman–Crippen LogP) is 4.42. The van der Waals surface area contributed by atoms with Gasteiger partial charge in [0.25, 0.3) is 0 Å². The van der Waals surface area contributed by atoms with Crippen LogP contribution in [-0.2, 0) is 9.84 Å². The van der Waals surface area contributed by atoms with E-state index in [1.807, 2.05) is 18.2 Å². The zero-order valence-electron chi connectivity index (χ0n) is 11.7. The topological polar surface area (TPSA) is 71.1 Å². The number of fused-ring (bicyclic) bond motifs is 1. The summed E-state index contributed by atoms with van der Waals surface area (Å²) in [5, 5.41) is 10.5. The van der Waals surface area contributed by atoms with E-state index in [0.717, 1.165) is 5.39 Å². The lowest BCUT2D eigenvalue weighted by Crippen LogP contribution is -2.03. The van der Waals surface area contributed by atoms with Crippen molar-refractivity contribution in [2.75, 3.05) is 0 Å². The Morgan fingerprint density at radius 2 is 1.83 bits per heavy atom. The zero-order valence-corrected chi connectivity index (χ0v) is 13.3. The average molecular weight is 344 g/mol. The molecule has 0 unspecified atom stereocenters. The molecule has 0 aliphatic heterocycles. The number of sulfone groups is 1. The number of rotatable bonds is 3. The van der Waals surface area contributed by atoms with Crippen LogP contribution < -0.4 is 0 Å². The van der Waals surface area contributed by atoms with Crippen molar-refractivity contribution in [3.05, 3.63) is 70.3 Å². The highest BCUT2D eigenvalue weighted by Crippen LogP contribution is 2.25. The molecule has 0 radical (unpaired) electrons. The molecule has 0 spiro atoms. The first-order valence-corrected chi connectivity index (χ1v) is 8.48. The van der Waals surface area contributed by atoms with E-state index < -0.39 is 9.84 Å². The number of furan rings is 1. The van der Waals surface area contributed by atoms with Crippen LogP contribution in [0, 0.1) is 11.3 Å². The highest BCUT2D eigenvalue weighted by atomic mass is 35.5. The molecule has 0 amide bonds. The maximum absolute atomic E-state index is 12.5. The van der Waals surface area contributed by atoms with Gasteiger partial charge in [-0.1, -0.05) is 29.8 Å². The third kappa shape index (κ3) is 3.00. The number of allylic oxidation sites excluding steroid dienone is 1. The first kappa shape index (κ1) is 15.3. The Morgan fingerprint density at radius 3 is 2.48 bits per heavy atom. The van der Waals surface area contributed by atoms with E-state index in [2.05, 4.69) is 0 Å². The maximum atomic E-state index is 12.5. The highest BCUT2D eigenvalue weighted by molar-refractivity contribution is 7.95. The first-order valence-electron chi connectivity index (χ1n) is 6.62. The van der Waals surface area contributed by atoms with Crippen molar-refractivity contribution in [1.29, 1.82) is 5.26 Å². The molecule has 0 saturated carbocycles. The van der Waals surface area contributed by atoms with Gasteiger partial charge in [-0.3, -0.25) is 0 Å². The molecule has 0 saturated heterocycles. The SMILES string of the molecule is N#C/C(=C/c1cc2ccccc2o1)S(=O)(=O)c1ccc(Cl)cc1. The van der Waals surface area contributed by atoms with E-state index in [9.17, 15) is 13.7 Å². The Kier molecular flexibility index (Phi) is 3.95. The Labute approximate surface area is 138 Å². The van der Waals surface area contributed by atoms with Crippen LogP contribution in [0.5, 0.6) is 0 Å². The van der Waals surface area contributed by atoms with E-state index in [1.54, 1.807) is 18.2 Å². The largest absolute Gasteiger partial charge is 0.457 e. The lowest BCUT2D eigenvalue weighted by Gasteiger charge is -2.02. The summed E-state index contributed by atoms with van der Waals surface area (Å²) in [6, 6.07) is 16.3. The van der Waals surface area contributed by atoms with Crippen LogP contribution in [0.25, 0.3) is 17.0 Å². The fourth-order valence-corrected chi connectivity index (χ4v) is 3.38. The predicted molar refractivity (Wildman–Crippen MR) is 88.4 cm³/mol. The van der Waals surface area contributed by atoms with E-state index >= 15 is 0 Å². The summed E-state index contributed by atoms with van der Waals surface area (Å²) < 4.78 is 30.6. The van der Waals surface area contributed by atoms with Crippen molar-refractivity contribution in [3.63, 3.8) is 0 Å². The van der Waals surface area contributed by atoms with Crippen LogP contribution in [0.15, 0.2) is 68.8 Å². The molecule has 0 aliphatic carbocycles. The minimum absolute atomic E-state index is 0.00538. The fourth-order valence-electron chi connectivity index (χ4n) is 2.11. The molecular formula is C17H10ClNO3S. The lowest BCUT2D eigenvalue weighted by molar-refractivity contribution is 0.599. The van der Waals surface area contributed by atoms with Crippen LogP contribution in [0.3, 0.4) is 0 Å². The van der Waals surface area contributed by atoms with Crippen LogP contribution in [0.1, 0.15) is 5.76 Å². The molecule has 1 heterocycles. The maximum Gasteiger partial charge on any atom is 0.216 e. The van der Waals surface area contributed by atoms with Gasteiger partial charge in [0.1, 0.15) is 17.4 Å². The van der Waals surface area contributed by atoms with Crippen LogP contribution in [-0.4, -0.2) is 8.42 Å². The fraction of sp³-hybridized carbons (Fsp3) is 0. The summed E-state index contributed by atoms with van der Waals surface area (Å²) in [6.07, 6.45) is 1.23. The van der Waals surface area contributed by atoms with Gasteiger partial charge in [-0.2, -0.15) is 5.26 Å². The second kappa shape index (κ2) is 5.92. The van der Waals surface area contributed by atoms with Gasteiger partial charge in [-0.15, -0.1) is 0 Å². The summed E-state index contributed by atoms with van der Waals surface area (Å²) in [5.74, 6) is 0.306. The number of hydrogen-bond acceptors (Lipinski definition) is 4. The van der Waals surface area contributed by atoms with Crippen molar-refractivity contribution >= 4 is 38.5 Å². The molecule has 3 aromatic rings. The third-order valence-electron chi connectivity index (χ3n) is 3.24. The molecule has 0 N–H and O–H groups in total. The van der Waals surface area contributed by atoms with Gasteiger partial charge in [0, 0.05) is 16.5 Å². The Hall–Kier alpha value is -2.55. The number of nitriles is 1. The number of para-hydroxylation sites is 1. The van der Waals surface area contributed by atoms with Crippen molar-refractivity contribution in [1.82, 2.24) is 0 Å². The van der Waals surface area contributed by atoms with E-state index in [4.69, 9.17) is 16.0 Å². The summed E-state index contributed by atoms with van der Waals surface area (Å²) in [6.45, 7) is 0. The second-order valence-electron chi connectivity index (χ2n) is 4.76. The van der Waals surface area contributed by atoms with Gasteiger partial charge >= 0.3 is 0 Å². The average Bonchev–Trinajstić information content (AvgIpc) is 2.95. The molecule has 0 atom stereocenters. The smallest absolute Gasteiger partial charge is 0.216 e. The molecule has 0 aliphatic rings. The standard InChI is InChI=1S/C17H10ClNO3S/c18-13-5-7-15(8-6-13)23(20,21)16(11-19)10-14-9-12-3-1-2-4-17(12)22-14/h1-10H/b16-10-. The molecule has 1 aromatic heterocycles. The van der Waals surface area contributed by atoms with Crippen LogP contribution >= 0.6 is 11.6 Å². The molecule has 3 rings (SSSR count). The minimum Gasteiger partial charge on any atom is -0.457 e. The van der Waals surface area contributed by atoms with Gasteiger partial charge in [0.05, 0.1) is 4.90 Å². The molecule has 6 heteroatoms. The Bertz CT molecular complexity index is 1010. The van der Waals surface area contributed by atoms with Crippen molar-refractivity contribution in [3.8, 4) is 6.07 Å². The van der Waals surface area contributed by atoms with Gasteiger partial charge in [0.2, 0.25) is 9.84 Å². The molecule has 0 fully saturated rings. The number of benzene rings is 2. The van der Waals surface area contributed by atoms with E-state index in [1.165, 1.54) is 30.3 Å². The molecule has 0 bridgehead atoms. The number of nitrogens with zero attached hydrogens (tertiary/aromatic N) is 1. The van der Waals surface area contributed by atoms with Gasteiger partial charge in [0.15, 0.2) is 4.91 Å². The first-order chi connectivity index (χ1) is 11.0. The Balaban J connectivity index is 2.07. The van der Waals surface area contributed by atoms with E-state index in [0.29, 0.717) is 16.4 Å². The zero-order chi connectivity index (χ0) is 16.4. The van der Waals surface area contributed by atoms with E-state index in [-0.39, 0.29) is 9.80 Å². The molecule has 114 valence electrons.